The van der Waals surface area contributed by atoms with Gasteiger partial charge in [-0.15, -0.1) is 0 Å². The lowest BCUT2D eigenvalue weighted by molar-refractivity contribution is -0.0126. The van der Waals surface area contributed by atoms with Crippen molar-refractivity contribution < 1.29 is 0 Å². The summed E-state index contributed by atoms with van der Waals surface area (Å²) in [6.07, 6.45) is 14.2. The van der Waals surface area contributed by atoms with Crippen LogP contribution in [0.25, 0.3) is 0 Å². The minimum atomic E-state index is 0.954. The first-order valence-corrected chi connectivity index (χ1v) is 6.04. The SMILES string of the molecule is [CH]1CC(N2C3CCCC2CCC3)C1. The number of fused-ring (bicyclic) bond motifs is 2. The molecule has 0 aromatic carbocycles. The van der Waals surface area contributed by atoms with Crippen molar-refractivity contribution >= 4 is 0 Å². The first kappa shape index (κ1) is 8.28. The first-order valence-electron chi connectivity index (χ1n) is 6.04. The van der Waals surface area contributed by atoms with Gasteiger partial charge in [0.15, 0.2) is 0 Å². The molecule has 1 saturated carbocycles. The summed E-state index contributed by atoms with van der Waals surface area (Å²) in [5.41, 5.74) is 0. The van der Waals surface area contributed by atoms with Gasteiger partial charge >= 0.3 is 0 Å². The average molecular weight is 178 g/mol. The van der Waals surface area contributed by atoms with Crippen molar-refractivity contribution in [1.29, 1.82) is 0 Å². The lowest BCUT2D eigenvalue weighted by Gasteiger charge is -2.52. The molecule has 13 heavy (non-hydrogen) atoms. The van der Waals surface area contributed by atoms with Gasteiger partial charge in [0.1, 0.15) is 0 Å². The summed E-state index contributed by atoms with van der Waals surface area (Å²) >= 11 is 0. The van der Waals surface area contributed by atoms with E-state index in [4.69, 9.17) is 0 Å². The molecule has 0 spiro atoms. The Hall–Kier alpha value is -0.0400. The Balaban J connectivity index is 1.75. The normalized spacial score (nSPS) is 41.5. The van der Waals surface area contributed by atoms with E-state index in [9.17, 15) is 0 Å². The van der Waals surface area contributed by atoms with E-state index in [-0.39, 0.29) is 0 Å². The highest BCUT2D eigenvalue weighted by atomic mass is 15.2. The Morgan fingerprint density at radius 3 is 1.69 bits per heavy atom. The third kappa shape index (κ3) is 1.32. The maximum absolute atomic E-state index is 2.90. The van der Waals surface area contributed by atoms with Gasteiger partial charge in [0.05, 0.1) is 0 Å². The predicted molar refractivity (Wildman–Crippen MR) is 54.4 cm³/mol. The molecule has 1 aliphatic carbocycles. The van der Waals surface area contributed by atoms with Crippen molar-refractivity contribution in [3.05, 3.63) is 6.42 Å². The van der Waals surface area contributed by atoms with Gasteiger partial charge in [0.2, 0.25) is 0 Å². The first-order chi connectivity index (χ1) is 6.45. The molecule has 2 bridgehead atoms. The smallest absolute Gasteiger partial charge is 0.0107 e. The third-order valence-electron chi connectivity index (χ3n) is 4.29. The fourth-order valence-electron chi connectivity index (χ4n) is 3.52. The standard InChI is InChI=1S/C12H20N/c1-4-10-6-2-7-11(5-1)13(10)12-8-3-9-12/h3,10-12H,1-2,4-9H2. The molecule has 1 radical (unpaired) electrons. The Labute approximate surface area is 81.5 Å². The van der Waals surface area contributed by atoms with Crippen molar-refractivity contribution in [2.24, 2.45) is 0 Å². The Morgan fingerprint density at radius 2 is 1.31 bits per heavy atom. The molecule has 2 aliphatic heterocycles. The van der Waals surface area contributed by atoms with Crippen molar-refractivity contribution in [1.82, 2.24) is 4.90 Å². The quantitative estimate of drug-likeness (QED) is 0.597. The van der Waals surface area contributed by atoms with E-state index >= 15 is 0 Å². The average Bonchev–Trinajstić information content (AvgIpc) is 2.00. The molecule has 2 saturated heterocycles. The number of nitrogens with zero attached hydrogens (tertiary/aromatic N) is 1. The highest BCUT2D eigenvalue weighted by Gasteiger charge is 2.39. The van der Waals surface area contributed by atoms with Gasteiger partial charge in [-0.05, 0) is 44.9 Å². The van der Waals surface area contributed by atoms with Crippen LogP contribution in [0.3, 0.4) is 0 Å². The molecule has 0 aromatic rings. The van der Waals surface area contributed by atoms with E-state index in [0.29, 0.717) is 0 Å². The largest absolute Gasteiger partial charge is 0.294 e. The lowest BCUT2D eigenvalue weighted by Crippen LogP contribution is -2.56. The summed E-state index contributed by atoms with van der Waals surface area (Å²) in [5.74, 6) is 0. The van der Waals surface area contributed by atoms with Gasteiger partial charge in [-0.2, -0.15) is 0 Å². The molecular formula is C12H20N. The summed E-state index contributed by atoms with van der Waals surface area (Å²) < 4.78 is 0. The highest BCUT2D eigenvalue weighted by Crippen LogP contribution is 2.39. The van der Waals surface area contributed by atoms with E-state index in [1.165, 1.54) is 51.4 Å². The van der Waals surface area contributed by atoms with Crippen LogP contribution in [-0.2, 0) is 0 Å². The van der Waals surface area contributed by atoms with Crippen LogP contribution in [0.15, 0.2) is 0 Å². The van der Waals surface area contributed by atoms with Gasteiger partial charge in [-0.25, -0.2) is 0 Å². The minimum absolute atomic E-state index is 0.954. The van der Waals surface area contributed by atoms with Crippen LogP contribution in [-0.4, -0.2) is 23.0 Å². The fraction of sp³-hybridized carbons (Fsp3) is 0.917. The van der Waals surface area contributed by atoms with Crippen molar-refractivity contribution in [3.8, 4) is 0 Å². The number of piperidine rings is 2. The molecule has 2 heterocycles. The van der Waals surface area contributed by atoms with E-state index in [2.05, 4.69) is 11.3 Å². The van der Waals surface area contributed by atoms with Gasteiger partial charge in [0.25, 0.3) is 0 Å². The third-order valence-corrected chi connectivity index (χ3v) is 4.29. The molecular weight excluding hydrogens is 158 g/mol. The van der Waals surface area contributed by atoms with Crippen molar-refractivity contribution in [2.45, 2.75) is 69.5 Å². The Kier molecular flexibility index (Phi) is 2.08. The number of rotatable bonds is 1. The summed E-state index contributed by atoms with van der Waals surface area (Å²) in [6.45, 7) is 0. The molecule has 73 valence electrons. The van der Waals surface area contributed by atoms with E-state index in [1.54, 1.807) is 0 Å². The van der Waals surface area contributed by atoms with Crippen LogP contribution < -0.4 is 0 Å². The summed E-state index contributed by atoms with van der Waals surface area (Å²) in [5, 5.41) is 0. The molecule has 3 aliphatic rings. The van der Waals surface area contributed by atoms with Crippen LogP contribution in [0.4, 0.5) is 0 Å². The second-order valence-corrected chi connectivity index (χ2v) is 5.03. The highest BCUT2D eigenvalue weighted by molar-refractivity contribution is 5.00. The molecule has 0 amide bonds. The summed E-state index contributed by atoms with van der Waals surface area (Å²) in [7, 11) is 0. The molecule has 3 rings (SSSR count). The minimum Gasteiger partial charge on any atom is -0.294 e. The monoisotopic (exact) mass is 178 g/mol. The predicted octanol–water partition coefficient (Wildman–Crippen LogP) is 2.76. The number of hydrogen-bond donors (Lipinski definition) is 0. The summed E-state index contributed by atoms with van der Waals surface area (Å²) in [6, 6.07) is 2.91. The van der Waals surface area contributed by atoms with Crippen LogP contribution in [0.1, 0.15) is 51.4 Å². The molecule has 0 aromatic heterocycles. The molecule has 1 heteroatoms. The summed E-state index contributed by atoms with van der Waals surface area (Å²) in [4.78, 5) is 2.90. The zero-order valence-corrected chi connectivity index (χ0v) is 8.41. The van der Waals surface area contributed by atoms with Gasteiger partial charge in [-0.3, -0.25) is 4.90 Å². The second-order valence-electron chi connectivity index (χ2n) is 5.03. The van der Waals surface area contributed by atoms with Crippen LogP contribution in [0.2, 0.25) is 0 Å². The Bertz CT molecular complexity index is 164. The van der Waals surface area contributed by atoms with Gasteiger partial charge in [0, 0.05) is 18.1 Å². The molecule has 0 N–H and O–H groups in total. The van der Waals surface area contributed by atoms with Crippen LogP contribution >= 0.6 is 0 Å². The molecule has 3 fully saturated rings. The van der Waals surface area contributed by atoms with Crippen molar-refractivity contribution in [3.63, 3.8) is 0 Å². The maximum atomic E-state index is 2.90. The second kappa shape index (κ2) is 3.27. The van der Waals surface area contributed by atoms with Gasteiger partial charge in [-0.1, -0.05) is 12.8 Å². The van der Waals surface area contributed by atoms with Gasteiger partial charge < -0.3 is 0 Å². The van der Waals surface area contributed by atoms with Crippen LogP contribution in [0, 0.1) is 6.42 Å². The Morgan fingerprint density at radius 1 is 0.769 bits per heavy atom. The molecule has 1 nitrogen and oxygen atoms in total. The van der Waals surface area contributed by atoms with E-state index in [1.807, 2.05) is 0 Å². The lowest BCUT2D eigenvalue weighted by atomic mass is 9.79. The topological polar surface area (TPSA) is 3.24 Å². The van der Waals surface area contributed by atoms with E-state index < -0.39 is 0 Å². The van der Waals surface area contributed by atoms with E-state index in [0.717, 1.165) is 18.1 Å². The molecule has 0 atom stereocenters. The zero-order valence-electron chi connectivity index (χ0n) is 8.41. The number of hydrogen-bond acceptors (Lipinski definition) is 1. The zero-order chi connectivity index (χ0) is 8.67. The molecule has 0 unspecified atom stereocenters. The van der Waals surface area contributed by atoms with Crippen molar-refractivity contribution in [2.75, 3.05) is 0 Å². The maximum Gasteiger partial charge on any atom is 0.0107 e. The van der Waals surface area contributed by atoms with Crippen LogP contribution in [0.5, 0.6) is 0 Å². The fourth-order valence-corrected chi connectivity index (χ4v) is 3.52.